The van der Waals surface area contributed by atoms with Gasteiger partial charge in [-0.05, 0) is 49.4 Å². The van der Waals surface area contributed by atoms with Crippen LogP contribution in [0.4, 0.5) is 0 Å². The average Bonchev–Trinajstić information content (AvgIpc) is 3.28. The second-order valence-electron chi connectivity index (χ2n) is 7.33. The van der Waals surface area contributed by atoms with Gasteiger partial charge in [0.15, 0.2) is 0 Å². The molecule has 3 aliphatic rings. The smallest absolute Gasteiger partial charge is 0.242 e. The number of carbonyl (C=O) groups excluding carboxylic acids is 2. The van der Waals surface area contributed by atoms with Gasteiger partial charge in [-0.2, -0.15) is 0 Å². The summed E-state index contributed by atoms with van der Waals surface area (Å²) in [5, 5.41) is 0.700. The number of benzene rings is 1. The van der Waals surface area contributed by atoms with Crippen molar-refractivity contribution in [1.29, 1.82) is 0 Å². The number of rotatable bonds is 4. The number of hydrogen-bond acceptors (Lipinski definition) is 3. The second-order valence-corrected chi connectivity index (χ2v) is 7.77. The molecule has 2 saturated heterocycles. The van der Waals surface area contributed by atoms with E-state index in [0.29, 0.717) is 29.8 Å². The van der Waals surface area contributed by atoms with Gasteiger partial charge in [-0.15, -0.1) is 0 Å². The monoisotopic (exact) mass is 362 g/mol. The number of halogens is 1. The van der Waals surface area contributed by atoms with Crippen LogP contribution in [0.3, 0.4) is 0 Å². The topological polar surface area (TPSA) is 49.9 Å². The Balaban J connectivity index is 1.35. The Morgan fingerprint density at radius 1 is 1.20 bits per heavy atom. The maximum Gasteiger partial charge on any atom is 0.242 e. The SMILES string of the molecule is O=C1CCCN1CC(=O)N1C[C@@H]2CC[C@H](Oc3ccc(Cl)cc3)[C@@H]2C1. The van der Waals surface area contributed by atoms with Crippen molar-refractivity contribution in [3.8, 4) is 5.75 Å². The number of likely N-dealkylation sites (tertiary alicyclic amines) is 2. The van der Waals surface area contributed by atoms with E-state index in [1.807, 2.05) is 29.2 Å². The Kier molecular flexibility index (Phi) is 4.59. The quantitative estimate of drug-likeness (QED) is 0.827. The van der Waals surface area contributed by atoms with E-state index in [0.717, 1.165) is 38.1 Å². The first kappa shape index (κ1) is 16.7. The van der Waals surface area contributed by atoms with E-state index in [9.17, 15) is 9.59 Å². The highest BCUT2D eigenvalue weighted by atomic mass is 35.5. The molecule has 134 valence electrons. The molecule has 5 nitrogen and oxygen atoms in total. The first-order valence-electron chi connectivity index (χ1n) is 9.08. The zero-order valence-corrected chi connectivity index (χ0v) is 15.0. The number of carbonyl (C=O) groups is 2. The average molecular weight is 363 g/mol. The molecule has 0 radical (unpaired) electrons. The fourth-order valence-corrected chi connectivity index (χ4v) is 4.51. The normalized spacial score (nSPS) is 28.5. The number of fused-ring (bicyclic) bond motifs is 1. The summed E-state index contributed by atoms with van der Waals surface area (Å²) in [7, 11) is 0. The molecule has 1 saturated carbocycles. The molecular formula is C19H23ClN2O3. The van der Waals surface area contributed by atoms with E-state index in [4.69, 9.17) is 16.3 Å². The van der Waals surface area contributed by atoms with Gasteiger partial charge >= 0.3 is 0 Å². The lowest BCUT2D eigenvalue weighted by molar-refractivity contribution is -0.137. The lowest BCUT2D eigenvalue weighted by Crippen LogP contribution is -2.40. The molecule has 2 amide bonds. The van der Waals surface area contributed by atoms with Crippen LogP contribution in [0.2, 0.25) is 5.02 Å². The molecular weight excluding hydrogens is 340 g/mol. The lowest BCUT2D eigenvalue weighted by Gasteiger charge is -2.24. The van der Waals surface area contributed by atoms with Crippen LogP contribution in [0.1, 0.15) is 25.7 Å². The highest BCUT2D eigenvalue weighted by Crippen LogP contribution is 2.40. The Morgan fingerprint density at radius 3 is 2.72 bits per heavy atom. The molecule has 6 heteroatoms. The molecule has 2 aliphatic heterocycles. The third kappa shape index (κ3) is 3.47. The molecule has 0 unspecified atom stereocenters. The van der Waals surface area contributed by atoms with E-state index < -0.39 is 0 Å². The molecule has 1 aromatic rings. The highest BCUT2D eigenvalue weighted by molar-refractivity contribution is 6.30. The summed E-state index contributed by atoms with van der Waals surface area (Å²) in [5.41, 5.74) is 0. The fourth-order valence-electron chi connectivity index (χ4n) is 4.39. The largest absolute Gasteiger partial charge is 0.490 e. The molecule has 4 rings (SSSR count). The number of nitrogens with zero attached hydrogens (tertiary/aromatic N) is 2. The van der Waals surface area contributed by atoms with Gasteiger partial charge in [0.2, 0.25) is 11.8 Å². The molecule has 0 N–H and O–H groups in total. The molecule has 0 bridgehead atoms. The molecule has 1 aromatic carbocycles. The van der Waals surface area contributed by atoms with E-state index in [1.165, 1.54) is 0 Å². The van der Waals surface area contributed by atoms with Crippen molar-refractivity contribution in [2.24, 2.45) is 11.8 Å². The van der Waals surface area contributed by atoms with E-state index in [2.05, 4.69) is 0 Å². The minimum absolute atomic E-state index is 0.0786. The van der Waals surface area contributed by atoms with Gasteiger partial charge in [0, 0.05) is 37.0 Å². The summed E-state index contributed by atoms with van der Waals surface area (Å²) in [6.45, 7) is 2.49. The zero-order valence-electron chi connectivity index (χ0n) is 14.2. The number of amides is 2. The molecule has 0 aromatic heterocycles. The van der Waals surface area contributed by atoms with Gasteiger partial charge in [0.25, 0.3) is 0 Å². The highest BCUT2D eigenvalue weighted by Gasteiger charge is 2.45. The van der Waals surface area contributed by atoms with Crippen LogP contribution in [0.25, 0.3) is 0 Å². The summed E-state index contributed by atoms with van der Waals surface area (Å²) in [6, 6.07) is 7.46. The van der Waals surface area contributed by atoms with E-state index >= 15 is 0 Å². The Bertz CT molecular complexity index is 663. The molecule has 3 atom stereocenters. The maximum atomic E-state index is 12.6. The van der Waals surface area contributed by atoms with Gasteiger partial charge < -0.3 is 14.5 Å². The van der Waals surface area contributed by atoms with E-state index in [-0.39, 0.29) is 24.5 Å². The van der Waals surface area contributed by atoms with Crippen LogP contribution < -0.4 is 4.74 Å². The van der Waals surface area contributed by atoms with Crippen LogP contribution in [-0.2, 0) is 9.59 Å². The van der Waals surface area contributed by atoms with Crippen molar-refractivity contribution in [2.45, 2.75) is 31.8 Å². The van der Waals surface area contributed by atoms with Crippen molar-refractivity contribution in [3.63, 3.8) is 0 Å². The van der Waals surface area contributed by atoms with Gasteiger partial charge in [-0.3, -0.25) is 9.59 Å². The van der Waals surface area contributed by atoms with Crippen LogP contribution >= 0.6 is 11.6 Å². The van der Waals surface area contributed by atoms with Crippen LogP contribution in [0.5, 0.6) is 5.75 Å². The predicted octanol–water partition coefficient (Wildman–Crippen LogP) is 2.58. The van der Waals surface area contributed by atoms with Crippen molar-refractivity contribution in [2.75, 3.05) is 26.2 Å². The van der Waals surface area contributed by atoms with Gasteiger partial charge in [0.1, 0.15) is 11.9 Å². The van der Waals surface area contributed by atoms with Gasteiger partial charge in [-0.25, -0.2) is 0 Å². The van der Waals surface area contributed by atoms with E-state index in [1.54, 1.807) is 4.90 Å². The lowest BCUT2D eigenvalue weighted by atomic mass is 9.99. The van der Waals surface area contributed by atoms with Crippen LogP contribution in [0, 0.1) is 11.8 Å². The maximum absolute atomic E-state index is 12.6. The molecule has 2 heterocycles. The first-order chi connectivity index (χ1) is 12.1. The molecule has 25 heavy (non-hydrogen) atoms. The summed E-state index contributed by atoms with van der Waals surface area (Å²) in [5.74, 6) is 1.92. The third-order valence-electron chi connectivity index (χ3n) is 5.74. The summed E-state index contributed by atoms with van der Waals surface area (Å²) in [6.07, 6.45) is 3.72. The summed E-state index contributed by atoms with van der Waals surface area (Å²) in [4.78, 5) is 27.9. The molecule has 0 spiro atoms. The van der Waals surface area contributed by atoms with Crippen LogP contribution in [0.15, 0.2) is 24.3 Å². The molecule has 1 aliphatic carbocycles. The standard InChI is InChI=1S/C19H23ClN2O3/c20-14-4-6-15(7-5-14)25-17-8-3-13-10-22(11-16(13)17)19(24)12-21-9-1-2-18(21)23/h4-7,13,16-17H,1-3,8-12H2/t13-,16+,17-/m0/s1. The minimum atomic E-state index is 0.0786. The van der Waals surface area contributed by atoms with Gasteiger partial charge in [-0.1, -0.05) is 11.6 Å². The van der Waals surface area contributed by atoms with Gasteiger partial charge in [0.05, 0.1) is 6.54 Å². The van der Waals surface area contributed by atoms with Crippen molar-refractivity contribution in [3.05, 3.63) is 29.3 Å². The van der Waals surface area contributed by atoms with Crippen molar-refractivity contribution < 1.29 is 14.3 Å². The Labute approximate surface area is 152 Å². The first-order valence-corrected chi connectivity index (χ1v) is 9.46. The summed E-state index contributed by atoms with van der Waals surface area (Å²) < 4.78 is 6.16. The molecule has 3 fully saturated rings. The van der Waals surface area contributed by atoms with Crippen LogP contribution in [-0.4, -0.2) is 53.9 Å². The van der Waals surface area contributed by atoms with Crippen molar-refractivity contribution in [1.82, 2.24) is 9.80 Å². The number of ether oxygens (including phenoxy) is 1. The Hall–Kier alpha value is -1.75. The van der Waals surface area contributed by atoms with Crippen molar-refractivity contribution >= 4 is 23.4 Å². The second kappa shape index (κ2) is 6.87. The zero-order chi connectivity index (χ0) is 17.4. The Morgan fingerprint density at radius 2 is 2.00 bits per heavy atom. The predicted molar refractivity (Wildman–Crippen MR) is 94.5 cm³/mol. The minimum Gasteiger partial charge on any atom is -0.490 e. The number of hydrogen-bond donors (Lipinski definition) is 0. The third-order valence-corrected chi connectivity index (χ3v) is 5.99. The summed E-state index contributed by atoms with van der Waals surface area (Å²) >= 11 is 5.92. The fraction of sp³-hybridized carbons (Fsp3) is 0.579.